The van der Waals surface area contributed by atoms with Gasteiger partial charge in [0.15, 0.2) is 0 Å². The molecular formula is C21H20F2N6O. The van der Waals surface area contributed by atoms with Crippen LogP contribution in [0.2, 0.25) is 0 Å². The first-order valence-corrected chi connectivity index (χ1v) is 9.48. The molecule has 0 aliphatic carbocycles. The Morgan fingerprint density at radius 3 is 2.83 bits per heavy atom. The second kappa shape index (κ2) is 7.74. The van der Waals surface area contributed by atoms with E-state index in [0.29, 0.717) is 45.8 Å². The number of nitrogens with two attached hydrogens (primary N) is 1. The molecule has 1 amide bonds. The topological polar surface area (TPSA) is 97.4 Å². The normalized spacial score (nSPS) is 16.3. The molecule has 0 radical (unpaired) electrons. The number of piperidine rings is 1. The number of halogens is 2. The van der Waals surface area contributed by atoms with Gasteiger partial charge in [-0.25, -0.2) is 18.7 Å². The average molecular weight is 410 g/mol. The van der Waals surface area contributed by atoms with Gasteiger partial charge < -0.3 is 10.6 Å². The predicted molar refractivity (Wildman–Crippen MR) is 111 cm³/mol. The first-order chi connectivity index (χ1) is 14.4. The van der Waals surface area contributed by atoms with Crippen LogP contribution in [0, 0.1) is 0 Å². The largest absolute Gasteiger partial charge is 0.383 e. The first kappa shape index (κ1) is 19.8. The van der Waals surface area contributed by atoms with Gasteiger partial charge in [0, 0.05) is 49.1 Å². The molecule has 2 aromatic heterocycles. The predicted octanol–water partition coefficient (Wildman–Crippen LogP) is 3.19. The Bertz CT molecular complexity index is 1150. The van der Waals surface area contributed by atoms with Gasteiger partial charge in [-0.1, -0.05) is 0 Å². The minimum atomic E-state index is -2.85. The smallest absolute Gasteiger partial charge is 0.265 e. The number of carbonyl (C=O) groups excluding carboxylic acids is 1. The number of pyridine rings is 1. The lowest BCUT2D eigenvalue weighted by atomic mass is 10.1. The van der Waals surface area contributed by atoms with E-state index in [1.54, 1.807) is 49.9 Å². The van der Waals surface area contributed by atoms with Gasteiger partial charge in [0.25, 0.3) is 11.8 Å². The highest BCUT2D eigenvalue weighted by Crippen LogP contribution is 2.28. The summed E-state index contributed by atoms with van der Waals surface area (Å²) in [6.45, 7) is -0.245. The maximum Gasteiger partial charge on any atom is 0.265 e. The van der Waals surface area contributed by atoms with Crippen LogP contribution < -0.4 is 5.73 Å². The molecule has 1 aliphatic rings. The van der Waals surface area contributed by atoms with E-state index in [0.717, 1.165) is 0 Å². The van der Waals surface area contributed by atoms with E-state index in [1.165, 1.54) is 4.90 Å². The van der Waals surface area contributed by atoms with Gasteiger partial charge >= 0.3 is 0 Å². The lowest BCUT2D eigenvalue weighted by molar-refractivity contribution is -0.0560. The van der Waals surface area contributed by atoms with E-state index < -0.39 is 18.4 Å². The number of nitrogen functional groups attached to an aromatic ring is 1. The van der Waals surface area contributed by atoms with E-state index in [9.17, 15) is 13.6 Å². The number of carbonyl (C=O) groups is 1. The summed E-state index contributed by atoms with van der Waals surface area (Å²) in [5.74, 6) is -2.93. The van der Waals surface area contributed by atoms with E-state index >= 15 is 0 Å². The Hall–Kier alpha value is -3.49. The second-order valence-electron chi connectivity index (χ2n) is 7.23. The van der Waals surface area contributed by atoms with E-state index in [1.807, 2.05) is 0 Å². The molecule has 0 spiro atoms. The third kappa shape index (κ3) is 3.96. The summed E-state index contributed by atoms with van der Waals surface area (Å²) >= 11 is 0. The van der Waals surface area contributed by atoms with Gasteiger partial charge in [0.1, 0.15) is 5.82 Å². The van der Waals surface area contributed by atoms with Crippen LogP contribution in [0.1, 0.15) is 28.8 Å². The van der Waals surface area contributed by atoms with Crippen LogP contribution in [-0.4, -0.2) is 58.0 Å². The summed E-state index contributed by atoms with van der Waals surface area (Å²) < 4.78 is 27.4. The van der Waals surface area contributed by atoms with Crippen LogP contribution in [0.3, 0.4) is 0 Å². The summed E-state index contributed by atoms with van der Waals surface area (Å²) in [5, 5.41) is 0. The zero-order valence-electron chi connectivity index (χ0n) is 16.3. The molecule has 3 aromatic rings. The van der Waals surface area contributed by atoms with Crippen molar-refractivity contribution in [1.82, 2.24) is 19.9 Å². The number of anilines is 1. The molecule has 1 aliphatic heterocycles. The molecule has 1 fully saturated rings. The maximum atomic E-state index is 13.7. The highest BCUT2D eigenvalue weighted by Gasteiger charge is 2.37. The fraction of sp³-hybridized carbons (Fsp3) is 0.286. The fourth-order valence-corrected chi connectivity index (χ4v) is 3.48. The number of fused-ring (bicyclic) bond motifs is 1. The summed E-state index contributed by atoms with van der Waals surface area (Å²) in [7, 11) is 1.64. The molecule has 9 heteroatoms. The van der Waals surface area contributed by atoms with Crippen molar-refractivity contribution in [1.29, 1.82) is 0 Å². The zero-order valence-corrected chi connectivity index (χ0v) is 16.3. The number of likely N-dealkylation sites (tertiary alicyclic amines) is 1. The minimum Gasteiger partial charge on any atom is -0.383 e. The molecule has 0 unspecified atom stereocenters. The Morgan fingerprint density at radius 1 is 1.23 bits per heavy atom. The van der Waals surface area contributed by atoms with Gasteiger partial charge in [-0.05, 0) is 30.7 Å². The van der Waals surface area contributed by atoms with Crippen LogP contribution in [0.25, 0.3) is 22.3 Å². The molecular weight excluding hydrogens is 390 g/mol. The van der Waals surface area contributed by atoms with Gasteiger partial charge in [-0.3, -0.25) is 14.8 Å². The van der Waals surface area contributed by atoms with Gasteiger partial charge in [-0.2, -0.15) is 0 Å². The van der Waals surface area contributed by atoms with Crippen molar-refractivity contribution in [3.05, 3.63) is 47.8 Å². The summed E-state index contributed by atoms with van der Waals surface area (Å²) in [4.78, 5) is 31.0. The number of amides is 1. The molecule has 0 saturated carbocycles. The quantitative estimate of drug-likeness (QED) is 0.669. The monoisotopic (exact) mass is 410 g/mol. The fourth-order valence-electron chi connectivity index (χ4n) is 3.48. The number of hydrogen-bond acceptors (Lipinski definition) is 6. The van der Waals surface area contributed by atoms with Crippen molar-refractivity contribution in [2.24, 2.45) is 4.99 Å². The summed E-state index contributed by atoms with van der Waals surface area (Å²) in [6, 6.07) is 6.64. The van der Waals surface area contributed by atoms with Gasteiger partial charge in [0.2, 0.25) is 0 Å². The number of hydrogen-bond donors (Lipinski definition) is 1. The minimum absolute atomic E-state index is 0.191. The van der Waals surface area contributed by atoms with Crippen LogP contribution in [0.5, 0.6) is 0 Å². The Morgan fingerprint density at radius 2 is 2.07 bits per heavy atom. The second-order valence-corrected chi connectivity index (χ2v) is 7.23. The maximum absolute atomic E-state index is 13.7. The van der Waals surface area contributed by atoms with Crippen LogP contribution >= 0.6 is 0 Å². The number of alkyl halides is 2. The lowest BCUT2D eigenvalue weighted by Crippen LogP contribution is -2.45. The Labute approximate surface area is 171 Å². The van der Waals surface area contributed by atoms with Crippen molar-refractivity contribution < 1.29 is 13.6 Å². The molecule has 30 heavy (non-hydrogen) atoms. The Kier molecular flexibility index (Phi) is 5.11. The SMILES string of the molecule is CN=Cc1cc(-c2cnc3ccc(C(=O)N4CCCC(F)(F)C4)cc3n2)cnc1N. The number of aliphatic imine (C=N–C) groups is 1. The third-order valence-electron chi connectivity index (χ3n) is 4.98. The zero-order chi connectivity index (χ0) is 21.3. The molecule has 1 saturated heterocycles. The molecule has 0 atom stereocenters. The molecule has 7 nitrogen and oxygen atoms in total. The molecule has 1 aromatic carbocycles. The van der Waals surface area contributed by atoms with Crippen LogP contribution in [0.15, 0.2) is 41.7 Å². The highest BCUT2D eigenvalue weighted by molar-refractivity contribution is 5.97. The van der Waals surface area contributed by atoms with Crippen molar-refractivity contribution in [3.8, 4) is 11.3 Å². The Balaban J connectivity index is 1.68. The molecule has 2 N–H and O–H groups in total. The van der Waals surface area contributed by atoms with E-state index in [4.69, 9.17) is 5.73 Å². The van der Waals surface area contributed by atoms with E-state index in [2.05, 4.69) is 19.9 Å². The van der Waals surface area contributed by atoms with Crippen LogP contribution in [0.4, 0.5) is 14.6 Å². The van der Waals surface area contributed by atoms with Gasteiger partial charge in [-0.15, -0.1) is 0 Å². The summed E-state index contributed by atoms with van der Waals surface area (Å²) in [6.07, 6.45) is 4.89. The van der Waals surface area contributed by atoms with E-state index in [-0.39, 0.29) is 12.8 Å². The standard InChI is InChI=1S/C21H20F2N6O/c1-25-9-15-7-14(10-27-19(15)24)18-11-26-16-4-3-13(8-17(16)28-18)20(30)29-6-2-5-21(22,23)12-29/h3-4,7-11H,2,5-6,12H2,1H3,(H2,24,27). The van der Waals surface area contributed by atoms with Crippen molar-refractivity contribution in [3.63, 3.8) is 0 Å². The number of nitrogens with zero attached hydrogens (tertiary/aromatic N) is 5. The first-order valence-electron chi connectivity index (χ1n) is 9.48. The van der Waals surface area contributed by atoms with Crippen LogP contribution in [-0.2, 0) is 0 Å². The van der Waals surface area contributed by atoms with Crippen molar-refractivity contribution in [2.45, 2.75) is 18.8 Å². The highest BCUT2D eigenvalue weighted by atomic mass is 19.3. The van der Waals surface area contributed by atoms with Crippen molar-refractivity contribution >= 4 is 29.0 Å². The number of rotatable bonds is 3. The number of aromatic nitrogens is 3. The lowest BCUT2D eigenvalue weighted by Gasteiger charge is -2.32. The molecule has 4 rings (SSSR count). The van der Waals surface area contributed by atoms with Crippen molar-refractivity contribution in [2.75, 3.05) is 25.9 Å². The summed E-state index contributed by atoms with van der Waals surface area (Å²) in [5.41, 5.74) is 9.15. The third-order valence-corrected chi connectivity index (χ3v) is 4.98. The molecule has 154 valence electrons. The molecule has 3 heterocycles. The molecule has 0 bridgehead atoms. The number of benzene rings is 1. The van der Waals surface area contributed by atoms with Gasteiger partial charge in [0.05, 0.1) is 29.5 Å². The average Bonchev–Trinajstić information content (AvgIpc) is 2.73.